The number of carbonyl (C=O) groups is 2. The van der Waals surface area contributed by atoms with Gasteiger partial charge in [0.1, 0.15) is 5.60 Å². The van der Waals surface area contributed by atoms with Gasteiger partial charge >= 0.3 is 6.09 Å². The molecule has 1 amide bonds. The van der Waals surface area contributed by atoms with Crippen LogP contribution in [-0.4, -0.2) is 23.5 Å². The van der Waals surface area contributed by atoms with Crippen molar-refractivity contribution in [3.05, 3.63) is 0 Å². The van der Waals surface area contributed by atoms with E-state index in [1.807, 2.05) is 6.92 Å². The van der Waals surface area contributed by atoms with Gasteiger partial charge in [-0.3, -0.25) is 4.79 Å². The summed E-state index contributed by atoms with van der Waals surface area (Å²) in [6.45, 7) is 5.00. The molecule has 1 aliphatic carbocycles. The zero-order valence-corrected chi connectivity index (χ0v) is 8.92. The van der Waals surface area contributed by atoms with E-state index in [9.17, 15) is 9.59 Å². The summed E-state index contributed by atoms with van der Waals surface area (Å²) in [6.07, 6.45) is 2.44. The van der Waals surface area contributed by atoms with E-state index in [0.717, 1.165) is 19.3 Å². The van der Waals surface area contributed by atoms with Crippen molar-refractivity contribution in [2.75, 3.05) is 0 Å². The lowest BCUT2D eigenvalue weighted by Gasteiger charge is -2.37. The fourth-order valence-electron chi connectivity index (χ4n) is 1.31. The predicted octanol–water partition coefficient (Wildman–Crippen LogP) is 1.63. The number of hydrogen-bond acceptors (Lipinski definition) is 3. The van der Waals surface area contributed by atoms with Crippen molar-refractivity contribution in [2.45, 2.75) is 51.7 Å². The third kappa shape index (κ3) is 2.72. The molecule has 0 spiro atoms. The summed E-state index contributed by atoms with van der Waals surface area (Å²) in [7, 11) is 0. The molecule has 1 fully saturated rings. The largest absolute Gasteiger partial charge is 0.443 e. The first kappa shape index (κ1) is 11.0. The van der Waals surface area contributed by atoms with E-state index < -0.39 is 12.1 Å². The first-order valence-corrected chi connectivity index (χ1v) is 4.93. The average Bonchev–Trinajstić information content (AvgIpc) is 2.00. The van der Waals surface area contributed by atoms with Gasteiger partial charge in [0.25, 0.3) is 0 Å². The summed E-state index contributed by atoms with van der Waals surface area (Å²) in [4.78, 5) is 22.1. The number of alkyl carbamates (subject to hydrolysis) is 1. The first-order valence-electron chi connectivity index (χ1n) is 4.93. The Kier molecular flexibility index (Phi) is 3.13. The molecule has 0 aromatic heterocycles. The average molecular weight is 199 g/mol. The zero-order chi connectivity index (χ0) is 10.8. The number of ketones is 1. The van der Waals surface area contributed by atoms with E-state index in [-0.39, 0.29) is 11.4 Å². The summed E-state index contributed by atoms with van der Waals surface area (Å²) in [5.74, 6) is -0.0688. The van der Waals surface area contributed by atoms with Crippen LogP contribution in [0.1, 0.15) is 40.0 Å². The minimum absolute atomic E-state index is 0.0688. The molecule has 1 N–H and O–H groups in total. The number of carbonyl (C=O) groups excluding carboxylic acids is 2. The van der Waals surface area contributed by atoms with Crippen LogP contribution in [0.25, 0.3) is 0 Å². The smallest absolute Gasteiger partial charge is 0.408 e. The van der Waals surface area contributed by atoms with Crippen LogP contribution in [0.4, 0.5) is 4.79 Å². The highest BCUT2D eigenvalue weighted by Gasteiger charge is 2.36. The van der Waals surface area contributed by atoms with Gasteiger partial charge in [0.2, 0.25) is 0 Å². The molecular formula is C10H17NO3. The van der Waals surface area contributed by atoms with Crippen LogP contribution >= 0.6 is 0 Å². The van der Waals surface area contributed by atoms with Crippen molar-refractivity contribution >= 4 is 11.9 Å². The maximum Gasteiger partial charge on any atom is 0.408 e. The van der Waals surface area contributed by atoms with Crippen molar-refractivity contribution in [1.29, 1.82) is 0 Å². The number of ether oxygens (including phenoxy) is 1. The predicted molar refractivity (Wildman–Crippen MR) is 52.0 cm³/mol. The van der Waals surface area contributed by atoms with Crippen molar-refractivity contribution in [3.8, 4) is 0 Å². The Morgan fingerprint density at radius 2 is 2.00 bits per heavy atom. The summed E-state index contributed by atoms with van der Waals surface area (Å²) < 4.78 is 5.19. The third-order valence-electron chi connectivity index (χ3n) is 2.69. The van der Waals surface area contributed by atoms with Crippen LogP contribution < -0.4 is 5.32 Å². The maximum atomic E-state index is 11.3. The van der Waals surface area contributed by atoms with Gasteiger partial charge in [0.15, 0.2) is 5.78 Å². The fourth-order valence-corrected chi connectivity index (χ4v) is 1.31. The van der Waals surface area contributed by atoms with Crippen LogP contribution in [0, 0.1) is 0 Å². The number of nitrogens with one attached hydrogen (secondary N) is 1. The van der Waals surface area contributed by atoms with Crippen molar-refractivity contribution in [3.63, 3.8) is 0 Å². The standard InChI is InChI=1S/C10H17NO3/c1-7(8(2)12)11-9(13)14-10(3)5-4-6-10/h7H,4-6H2,1-3H3,(H,11,13). The lowest BCUT2D eigenvalue weighted by Crippen LogP contribution is -2.45. The molecule has 14 heavy (non-hydrogen) atoms. The Hall–Kier alpha value is -1.06. The van der Waals surface area contributed by atoms with Gasteiger partial charge in [-0.25, -0.2) is 4.79 Å². The van der Waals surface area contributed by atoms with Gasteiger partial charge < -0.3 is 10.1 Å². The van der Waals surface area contributed by atoms with Gasteiger partial charge in [-0.15, -0.1) is 0 Å². The molecular weight excluding hydrogens is 182 g/mol. The molecule has 1 aliphatic rings. The number of rotatable bonds is 3. The zero-order valence-electron chi connectivity index (χ0n) is 8.92. The SMILES string of the molecule is CC(=O)C(C)NC(=O)OC1(C)CCC1. The highest BCUT2D eigenvalue weighted by Crippen LogP contribution is 2.34. The van der Waals surface area contributed by atoms with Gasteiger partial charge in [0, 0.05) is 0 Å². The topological polar surface area (TPSA) is 55.4 Å². The third-order valence-corrected chi connectivity index (χ3v) is 2.69. The lowest BCUT2D eigenvalue weighted by molar-refractivity contribution is -0.118. The quantitative estimate of drug-likeness (QED) is 0.751. The molecule has 0 aromatic carbocycles. The van der Waals surface area contributed by atoms with E-state index in [2.05, 4.69) is 5.32 Å². The van der Waals surface area contributed by atoms with Gasteiger partial charge in [-0.1, -0.05) is 0 Å². The van der Waals surface area contributed by atoms with E-state index in [4.69, 9.17) is 4.74 Å². The minimum Gasteiger partial charge on any atom is -0.443 e. The molecule has 1 rings (SSSR count). The van der Waals surface area contributed by atoms with Gasteiger partial charge in [-0.05, 0) is 40.0 Å². The molecule has 1 atom stereocenters. The van der Waals surface area contributed by atoms with Gasteiger partial charge in [0.05, 0.1) is 6.04 Å². The van der Waals surface area contributed by atoms with Crippen LogP contribution in [0.3, 0.4) is 0 Å². The second-order valence-corrected chi connectivity index (χ2v) is 4.17. The summed E-state index contributed by atoms with van der Waals surface area (Å²) in [5.41, 5.74) is -0.305. The monoisotopic (exact) mass is 199 g/mol. The number of hydrogen-bond donors (Lipinski definition) is 1. The highest BCUT2D eigenvalue weighted by molar-refractivity contribution is 5.84. The number of amides is 1. The molecule has 80 valence electrons. The molecule has 0 aromatic rings. The number of Topliss-reactive ketones (excluding diaryl/α,β-unsaturated/α-hetero) is 1. The first-order chi connectivity index (χ1) is 6.43. The molecule has 0 radical (unpaired) electrons. The maximum absolute atomic E-state index is 11.3. The van der Waals surface area contributed by atoms with Crippen LogP contribution in [-0.2, 0) is 9.53 Å². The molecule has 1 saturated carbocycles. The van der Waals surface area contributed by atoms with Crippen LogP contribution in [0.5, 0.6) is 0 Å². The Balaban J connectivity index is 2.32. The van der Waals surface area contributed by atoms with Crippen molar-refractivity contribution in [1.82, 2.24) is 5.32 Å². The Morgan fingerprint density at radius 3 is 2.36 bits per heavy atom. The van der Waals surface area contributed by atoms with E-state index >= 15 is 0 Å². The Bertz CT molecular complexity index is 246. The van der Waals surface area contributed by atoms with E-state index in [1.165, 1.54) is 6.92 Å². The van der Waals surface area contributed by atoms with Gasteiger partial charge in [-0.2, -0.15) is 0 Å². The summed E-state index contributed by atoms with van der Waals surface area (Å²) in [5, 5.41) is 2.49. The summed E-state index contributed by atoms with van der Waals surface area (Å²) in [6, 6.07) is -0.467. The fraction of sp³-hybridized carbons (Fsp3) is 0.800. The van der Waals surface area contributed by atoms with Crippen LogP contribution in [0.2, 0.25) is 0 Å². The molecule has 4 nitrogen and oxygen atoms in total. The normalized spacial score (nSPS) is 20.5. The van der Waals surface area contributed by atoms with Crippen molar-refractivity contribution in [2.24, 2.45) is 0 Å². The lowest BCUT2D eigenvalue weighted by atomic mass is 9.82. The van der Waals surface area contributed by atoms with Crippen LogP contribution in [0.15, 0.2) is 0 Å². The molecule has 0 saturated heterocycles. The Morgan fingerprint density at radius 1 is 1.43 bits per heavy atom. The molecule has 0 bridgehead atoms. The van der Waals surface area contributed by atoms with Crippen molar-refractivity contribution < 1.29 is 14.3 Å². The molecule has 1 unspecified atom stereocenters. The second-order valence-electron chi connectivity index (χ2n) is 4.17. The summed E-state index contributed by atoms with van der Waals surface area (Å²) >= 11 is 0. The minimum atomic E-state index is -0.491. The van der Waals surface area contributed by atoms with E-state index in [1.54, 1.807) is 6.92 Å². The molecule has 4 heteroatoms. The second kappa shape index (κ2) is 3.98. The molecule has 0 heterocycles. The van der Waals surface area contributed by atoms with E-state index in [0.29, 0.717) is 0 Å². The molecule has 0 aliphatic heterocycles. The highest BCUT2D eigenvalue weighted by atomic mass is 16.6. The Labute approximate surface area is 84.0 Å².